The summed E-state index contributed by atoms with van der Waals surface area (Å²) in [4.78, 5) is 17.0. The lowest BCUT2D eigenvalue weighted by molar-refractivity contribution is 0.100. The molecule has 5 N–H and O–H groups in total. The molecule has 3 aromatic rings. The molecule has 1 saturated carbocycles. The van der Waals surface area contributed by atoms with Crippen LogP contribution in [0.1, 0.15) is 44.0 Å². The normalized spacial score (nSPS) is 16.5. The maximum Gasteiger partial charge on any atom is 0.253 e. The van der Waals surface area contributed by atoms with Gasteiger partial charge in [0.15, 0.2) is 5.65 Å². The van der Waals surface area contributed by atoms with Crippen LogP contribution in [0.2, 0.25) is 0 Å². The summed E-state index contributed by atoms with van der Waals surface area (Å²) in [5, 5.41) is 10.8. The molecule has 1 aliphatic carbocycles. The highest BCUT2D eigenvalue weighted by Gasteiger charge is 2.44. The Morgan fingerprint density at radius 2 is 2.03 bits per heavy atom. The Hall–Kier alpha value is -3.26. The van der Waals surface area contributed by atoms with Crippen molar-refractivity contribution in [3.05, 3.63) is 40.5 Å². The van der Waals surface area contributed by atoms with Gasteiger partial charge in [0.05, 0.1) is 28.6 Å². The third-order valence-electron chi connectivity index (χ3n) is 6.05. The number of aromatic hydroxyl groups is 1. The zero-order chi connectivity index (χ0) is 25.0. The molecule has 8 heteroatoms. The SMILES string of the molecule is [2H]C([2H])([2H])OCC1(COc2nc3c(cc2C)c(C(N)=O)c(N)n3-c2c(C)ccc(O)c2C)CC1. The quantitative estimate of drug-likeness (QED) is 0.532. The van der Waals surface area contributed by atoms with Gasteiger partial charge in [0.1, 0.15) is 11.6 Å². The Kier molecular flexibility index (Phi) is 4.19. The van der Waals surface area contributed by atoms with Crippen molar-refractivity contribution in [2.24, 2.45) is 11.1 Å². The number of primary amides is 1. The van der Waals surface area contributed by atoms with E-state index in [1.807, 2.05) is 6.92 Å². The first-order valence-electron chi connectivity index (χ1n) is 11.5. The number of carbonyl (C=O) groups excluding carboxylic acids is 1. The lowest BCUT2D eigenvalue weighted by Gasteiger charge is -2.17. The number of hydrogen-bond donors (Lipinski definition) is 3. The Labute approximate surface area is 185 Å². The van der Waals surface area contributed by atoms with Gasteiger partial charge in [0.2, 0.25) is 5.88 Å². The number of hydrogen-bond acceptors (Lipinski definition) is 6. The summed E-state index contributed by atoms with van der Waals surface area (Å²) in [7, 11) is -2.46. The molecule has 4 rings (SSSR count). The van der Waals surface area contributed by atoms with Crippen LogP contribution in [0.5, 0.6) is 11.6 Å². The van der Waals surface area contributed by atoms with E-state index in [1.54, 1.807) is 36.6 Å². The first-order valence-corrected chi connectivity index (χ1v) is 10.0. The number of aromatic nitrogens is 2. The number of nitrogens with two attached hydrogens (primary N) is 2. The van der Waals surface area contributed by atoms with Gasteiger partial charge < -0.3 is 26.0 Å². The molecule has 0 bridgehead atoms. The minimum atomic E-state index is -2.46. The highest BCUT2D eigenvalue weighted by atomic mass is 16.5. The topological polar surface area (TPSA) is 126 Å². The van der Waals surface area contributed by atoms with Crippen LogP contribution < -0.4 is 16.2 Å². The third-order valence-corrected chi connectivity index (χ3v) is 6.05. The third kappa shape index (κ3) is 3.46. The molecule has 1 amide bonds. The molecule has 0 atom stereocenters. The van der Waals surface area contributed by atoms with Crippen molar-refractivity contribution in [2.75, 3.05) is 26.0 Å². The molecule has 31 heavy (non-hydrogen) atoms. The van der Waals surface area contributed by atoms with Crippen LogP contribution in [0, 0.1) is 26.2 Å². The monoisotopic (exact) mass is 427 g/mol. The molecule has 0 unspecified atom stereocenters. The number of phenolic OH excluding ortho intramolecular Hbond substituents is 1. The van der Waals surface area contributed by atoms with E-state index < -0.39 is 12.9 Å². The average molecular weight is 428 g/mol. The lowest BCUT2D eigenvalue weighted by Crippen LogP contribution is -2.19. The van der Waals surface area contributed by atoms with Crippen molar-refractivity contribution in [2.45, 2.75) is 33.6 Å². The van der Waals surface area contributed by atoms with Crippen LogP contribution in [-0.2, 0) is 4.74 Å². The first-order chi connectivity index (χ1) is 15.8. The van der Waals surface area contributed by atoms with Gasteiger partial charge in [0.25, 0.3) is 5.91 Å². The van der Waals surface area contributed by atoms with Crippen molar-refractivity contribution in [3.8, 4) is 17.3 Å². The van der Waals surface area contributed by atoms with E-state index in [0.29, 0.717) is 33.7 Å². The second kappa shape index (κ2) is 7.46. The smallest absolute Gasteiger partial charge is 0.253 e. The maximum atomic E-state index is 12.3. The van der Waals surface area contributed by atoms with Gasteiger partial charge in [-0.15, -0.1) is 0 Å². The highest BCUT2D eigenvalue weighted by Crippen LogP contribution is 2.46. The summed E-state index contributed by atoms with van der Waals surface area (Å²) in [6.07, 6.45) is 1.59. The van der Waals surface area contributed by atoms with Crippen LogP contribution >= 0.6 is 0 Å². The highest BCUT2D eigenvalue weighted by molar-refractivity contribution is 6.11. The van der Waals surface area contributed by atoms with E-state index in [0.717, 1.165) is 18.4 Å². The molecule has 0 saturated heterocycles. The summed E-state index contributed by atoms with van der Waals surface area (Å²) in [6.45, 7) is 5.72. The van der Waals surface area contributed by atoms with Gasteiger partial charge in [-0.1, -0.05) is 6.07 Å². The number of benzene rings is 1. The number of ether oxygens (including phenoxy) is 2. The largest absolute Gasteiger partial charge is 0.508 e. The van der Waals surface area contributed by atoms with Gasteiger partial charge in [-0.3, -0.25) is 9.36 Å². The number of amides is 1. The summed E-state index contributed by atoms with van der Waals surface area (Å²) in [5.41, 5.74) is 14.9. The molecule has 8 nitrogen and oxygen atoms in total. The summed E-state index contributed by atoms with van der Waals surface area (Å²) < 4.78 is 34.4. The van der Waals surface area contributed by atoms with Crippen LogP contribution in [-0.4, -0.2) is 40.8 Å². The van der Waals surface area contributed by atoms with E-state index in [2.05, 4.69) is 4.98 Å². The number of anilines is 1. The molecular formula is C23H28N4O4. The summed E-state index contributed by atoms with van der Waals surface area (Å²) in [6, 6.07) is 5.09. The molecule has 1 aromatic carbocycles. The molecule has 1 aliphatic rings. The number of rotatable bonds is 7. The standard InChI is InChI=1S/C23H28N4O4/c1-12-5-6-16(28)14(3)18(12)27-19(24)17(20(25)29)15-9-13(2)22(26-21(15)27)31-11-23(7-8-23)10-30-4/h5-6,9,28H,7-8,10-11,24H2,1-4H3,(H2,25,29)/i4D3. The maximum absolute atomic E-state index is 12.3. The second-order valence-corrected chi connectivity index (χ2v) is 8.39. The second-order valence-electron chi connectivity index (χ2n) is 8.39. The molecule has 0 spiro atoms. The number of carbonyl (C=O) groups is 1. The number of aryl methyl sites for hydroxylation is 2. The first kappa shape index (κ1) is 17.4. The van der Waals surface area contributed by atoms with Gasteiger partial charge in [-0.05, 0) is 51.3 Å². The van der Waals surface area contributed by atoms with Crippen LogP contribution in [0.15, 0.2) is 18.2 Å². The van der Waals surface area contributed by atoms with Gasteiger partial charge in [-0.25, -0.2) is 0 Å². The van der Waals surface area contributed by atoms with Gasteiger partial charge in [-0.2, -0.15) is 4.98 Å². The molecule has 2 aromatic heterocycles. The Bertz CT molecular complexity index is 1300. The number of methoxy groups -OCH3 is 1. The predicted molar refractivity (Wildman–Crippen MR) is 119 cm³/mol. The van der Waals surface area contributed by atoms with Crippen LogP contribution in [0.25, 0.3) is 16.7 Å². The minimum Gasteiger partial charge on any atom is -0.508 e. The van der Waals surface area contributed by atoms with Gasteiger partial charge >= 0.3 is 0 Å². The Morgan fingerprint density at radius 3 is 2.68 bits per heavy atom. The van der Waals surface area contributed by atoms with Crippen molar-refractivity contribution in [1.29, 1.82) is 0 Å². The predicted octanol–water partition coefficient (Wildman–Crippen LogP) is 3.14. The zero-order valence-electron chi connectivity index (χ0n) is 20.8. The van der Waals surface area contributed by atoms with Crippen molar-refractivity contribution >= 4 is 22.8 Å². The fourth-order valence-electron chi connectivity index (χ4n) is 3.99. The number of phenols is 1. The van der Waals surface area contributed by atoms with Crippen molar-refractivity contribution < 1.29 is 23.5 Å². The average Bonchev–Trinajstić information content (AvgIpc) is 3.46. The van der Waals surface area contributed by atoms with E-state index in [9.17, 15) is 9.90 Å². The Balaban J connectivity index is 1.79. The Morgan fingerprint density at radius 1 is 1.29 bits per heavy atom. The number of pyridine rings is 1. The number of fused-ring (bicyclic) bond motifs is 1. The minimum absolute atomic E-state index is 0.0711. The molecule has 164 valence electrons. The van der Waals surface area contributed by atoms with Crippen molar-refractivity contribution in [1.82, 2.24) is 9.55 Å². The fourth-order valence-corrected chi connectivity index (χ4v) is 3.99. The summed E-state index contributed by atoms with van der Waals surface area (Å²) >= 11 is 0. The number of nitrogen functional groups attached to an aromatic ring is 1. The molecule has 0 radical (unpaired) electrons. The van der Waals surface area contributed by atoms with E-state index in [4.69, 9.17) is 25.1 Å². The van der Waals surface area contributed by atoms with E-state index in [-0.39, 0.29) is 35.8 Å². The number of nitrogens with zero attached hydrogens (tertiary/aromatic N) is 2. The van der Waals surface area contributed by atoms with Crippen molar-refractivity contribution in [3.63, 3.8) is 0 Å². The molecule has 1 fully saturated rings. The zero-order valence-corrected chi connectivity index (χ0v) is 17.8. The van der Waals surface area contributed by atoms with E-state index >= 15 is 0 Å². The van der Waals surface area contributed by atoms with E-state index in [1.165, 1.54) is 0 Å². The summed E-state index contributed by atoms with van der Waals surface area (Å²) in [5.74, 6) is -0.160. The molecule has 0 aliphatic heterocycles. The van der Waals surface area contributed by atoms with Crippen LogP contribution in [0.3, 0.4) is 0 Å². The van der Waals surface area contributed by atoms with Gasteiger partial charge in [0, 0.05) is 29.0 Å². The lowest BCUT2D eigenvalue weighted by atomic mass is 10.1. The van der Waals surface area contributed by atoms with Crippen LogP contribution in [0.4, 0.5) is 5.82 Å². The fraction of sp³-hybridized carbons (Fsp3) is 0.391. The molecule has 2 heterocycles. The molecular weight excluding hydrogens is 396 g/mol.